The van der Waals surface area contributed by atoms with Crippen molar-refractivity contribution in [2.24, 2.45) is 0 Å². The molecule has 0 aromatic carbocycles. The van der Waals surface area contributed by atoms with Gasteiger partial charge >= 0.3 is 6.08 Å². The zero-order valence-corrected chi connectivity index (χ0v) is 8.21. The van der Waals surface area contributed by atoms with Gasteiger partial charge in [0, 0.05) is 12.2 Å². The summed E-state index contributed by atoms with van der Waals surface area (Å²) in [6.07, 6.45) is -1.12. The molecule has 0 fully saturated rings. The summed E-state index contributed by atoms with van der Waals surface area (Å²) in [6.45, 7) is 1.75. The summed E-state index contributed by atoms with van der Waals surface area (Å²) in [4.78, 5) is 3.92. The van der Waals surface area contributed by atoms with Crippen LogP contribution < -0.4 is 0 Å². The Labute approximate surface area is 83.2 Å². The van der Waals surface area contributed by atoms with Crippen molar-refractivity contribution in [3.63, 3.8) is 0 Å². The standard InChI is InChI=1S/C8H8F3NOS/c1-5-4-13-8(12-5)14-3-2-6(9)7(10)11/h4H,2-3H2,1H3. The van der Waals surface area contributed by atoms with Crippen LogP contribution in [0.1, 0.15) is 12.1 Å². The Hall–Kier alpha value is -0.910. The molecule has 2 nitrogen and oxygen atoms in total. The third kappa shape index (κ3) is 3.45. The Balaban J connectivity index is 2.32. The average molecular weight is 223 g/mol. The number of hydrogen-bond donors (Lipinski definition) is 0. The van der Waals surface area contributed by atoms with E-state index in [0.717, 1.165) is 11.8 Å². The van der Waals surface area contributed by atoms with Crippen LogP contribution in [0.5, 0.6) is 0 Å². The van der Waals surface area contributed by atoms with Gasteiger partial charge in [-0.1, -0.05) is 11.8 Å². The molecule has 1 heterocycles. The molecule has 1 aromatic heterocycles. The molecule has 0 atom stereocenters. The fourth-order valence-electron chi connectivity index (χ4n) is 0.721. The van der Waals surface area contributed by atoms with Crippen molar-refractivity contribution in [3.05, 3.63) is 23.9 Å². The Morgan fingerprint density at radius 1 is 1.50 bits per heavy atom. The molecule has 0 aliphatic carbocycles. The predicted molar refractivity (Wildman–Crippen MR) is 46.9 cm³/mol. The molecule has 0 amide bonds. The van der Waals surface area contributed by atoms with Gasteiger partial charge in [0.15, 0.2) is 5.83 Å². The van der Waals surface area contributed by atoms with Crippen LogP contribution in [0.2, 0.25) is 0 Å². The minimum atomic E-state index is -2.26. The van der Waals surface area contributed by atoms with Gasteiger partial charge in [0.05, 0.1) is 5.69 Å². The summed E-state index contributed by atoms with van der Waals surface area (Å²) in [7, 11) is 0. The van der Waals surface area contributed by atoms with Crippen molar-refractivity contribution in [1.29, 1.82) is 0 Å². The summed E-state index contributed by atoms with van der Waals surface area (Å²) in [5.74, 6) is -1.19. The van der Waals surface area contributed by atoms with E-state index in [1.54, 1.807) is 6.92 Å². The van der Waals surface area contributed by atoms with Gasteiger partial charge < -0.3 is 4.42 Å². The number of nitrogens with zero attached hydrogens (tertiary/aromatic N) is 1. The van der Waals surface area contributed by atoms with Gasteiger partial charge in [-0.05, 0) is 6.92 Å². The maximum atomic E-state index is 12.3. The molecule has 0 spiro atoms. The molecule has 14 heavy (non-hydrogen) atoms. The van der Waals surface area contributed by atoms with Crippen LogP contribution >= 0.6 is 11.8 Å². The topological polar surface area (TPSA) is 26.0 Å². The van der Waals surface area contributed by atoms with Crippen LogP contribution in [-0.2, 0) is 0 Å². The molecule has 0 N–H and O–H groups in total. The monoisotopic (exact) mass is 223 g/mol. The molecule has 1 aromatic rings. The number of rotatable bonds is 4. The molecule has 78 valence electrons. The van der Waals surface area contributed by atoms with E-state index in [0.29, 0.717) is 10.9 Å². The molecule has 1 rings (SSSR count). The summed E-state index contributed by atoms with van der Waals surface area (Å²) in [6, 6.07) is 0. The van der Waals surface area contributed by atoms with Crippen molar-refractivity contribution < 1.29 is 17.6 Å². The molecule has 6 heteroatoms. The van der Waals surface area contributed by atoms with Gasteiger partial charge in [0.25, 0.3) is 5.22 Å². The third-order valence-corrected chi connectivity index (χ3v) is 2.19. The molecule has 0 aliphatic heterocycles. The highest BCUT2D eigenvalue weighted by atomic mass is 32.2. The minimum Gasteiger partial charge on any atom is -0.440 e. The SMILES string of the molecule is Cc1coc(SCCC(F)=C(F)F)n1. The second kappa shape index (κ2) is 5.09. The van der Waals surface area contributed by atoms with Crippen LogP contribution in [0, 0.1) is 6.92 Å². The van der Waals surface area contributed by atoms with E-state index in [1.165, 1.54) is 6.26 Å². The highest BCUT2D eigenvalue weighted by molar-refractivity contribution is 7.99. The van der Waals surface area contributed by atoms with Crippen molar-refractivity contribution in [1.82, 2.24) is 4.98 Å². The van der Waals surface area contributed by atoms with Gasteiger partial charge in [0.2, 0.25) is 0 Å². The van der Waals surface area contributed by atoms with Crippen LogP contribution in [0.3, 0.4) is 0 Å². The van der Waals surface area contributed by atoms with Gasteiger partial charge in [-0.2, -0.15) is 8.78 Å². The first-order valence-corrected chi connectivity index (χ1v) is 4.82. The lowest BCUT2D eigenvalue weighted by atomic mass is 10.4. The maximum Gasteiger partial charge on any atom is 0.301 e. The van der Waals surface area contributed by atoms with Crippen LogP contribution in [0.4, 0.5) is 13.2 Å². The van der Waals surface area contributed by atoms with Crippen molar-refractivity contribution in [3.8, 4) is 0 Å². The number of halogens is 3. The highest BCUT2D eigenvalue weighted by Crippen LogP contribution is 2.21. The van der Waals surface area contributed by atoms with E-state index in [1.807, 2.05) is 0 Å². The Bertz CT molecular complexity index is 333. The van der Waals surface area contributed by atoms with E-state index >= 15 is 0 Å². The molecule has 0 saturated carbocycles. The zero-order valence-electron chi connectivity index (χ0n) is 7.39. The van der Waals surface area contributed by atoms with E-state index in [2.05, 4.69) is 4.98 Å². The number of hydrogen-bond acceptors (Lipinski definition) is 3. The second-order valence-corrected chi connectivity index (χ2v) is 3.56. The molecule has 0 aliphatic rings. The van der Waals surface area contributed by atoms with Gasteiger partial charge in [-0.15, -0.1) is 0 Å². The number of aromatic nitrogens is 1. The van der Waals surface area contributed by atoms with Crippen LogP contribution in [0.25, 0.3) is 0 Å². The normalized spacial score (nSPS) is 10.3. The molecular formula is C8H8F3NOS. The van der Waals surface area contributed by atoms with Crippen molar-refractivity contribution in [2.45, 2.75) is 18.6 Å². The zero-order chi connectivity index (χ0) is 10.6. The first kappa shape index (κ1) is 11.2. The molecule has 0 unspecified atom stereocenters. The second-order valence-electron chi connectivity index (χ2n) is 2.52. The van der Waals surface area contributed by atoms with Crippen LogP contribution in [0.15, 0.2) is 27.8 Å². The van der Waals surface area contributed by atoms with Crippen molar-refractivity contribution >= 4 is 11.8 Å². The Kier molecular flexibility index (Phi) is 4.06. The number of aryl methyl sites for hydroxylation is 1. The summed E-state index contributed by atoms with van der Waals surface area (Å²) >= 11 is 1.10. The lowest BCUT2D eigenvalue weighted by Crippen LogP contribution is -1.82. The molecule has 0 radical (unpaired) electrons. The number of oxazole rings is 1. The van der Waals surface area contributed by atoms with Crippen LogP contribution in [-0.4, -0.2) is 10.7 Å². The minimum absolute atomic E-state index is 0.184. The maximum absolute atomic E-state index is 12.3. The number of allylic oxidation sites excluding steroid dienone is 1. The molecule has 0 saturated heterocycles. The Morgan fingerprint density at radius 2 is 2.21 bits per heavy atom. The van der Waals surface area contributed by atoms with Crippen molar-refractivity contribution in [2.75, 3.05) is 5.75 Å². The summed E-state index contributed by atoms with van der Waals surface area (Å²) in [5, 5.41) is 0.370. The lowest BCUT2D eigenvalue weighted by molar-refractivity contribution is 0.373. The smallest absolute Gasteiger partial charge is 0.301 e. The van der Waals surface area contributed by atoms with Gasteiger partial charge in [-0.25, -0.2) is 9.37 Å². The Morgan fingerprint density at radius 3 is 2.71 bits per heavy atom. The number of thioether (sulfide) groups is 1. The van der Waals surface area contributed by atoms with E-state index in [4.69, 9.17) is 4.42 Å². The lowest BCUT2D eigenvalue weighted by Gasteiger charge is -1.94. The van der Waals surface area contributed by atoms with E-state index in [9.17, 15) is 13.2 Å². The summed E-state index contributed by atoms with van der Waals surface area (Å²) < 4.78 is 40.5. The fraction of sp³-hybridized carbons (Fsp3) is 0.375. The first-order chi connectivity index (χ1) is 6.59. The fourth-order valence-corrected chi connectivity index (χ4v) is 1.50. The largest absolute Gasteiger partial charge is 0.440 e. The third-order valence-electron chi connectivity index (χ3n) is 1.35. The summed E-state index contributed by atoms with van der Waals surface area (Å²) in [5.41, 5.74) is 0.709. The quantitative estimate of drug-likeness (QED) is 0.730. The van der Waals surface area contributed by atoms with E-state index in [-0.39, 0.29) is 12.2 Å². The molecular weight excluding hydrogens is 215 g/mol. The molecule has 0 bridgehead atoms. The highest BCUT2D eigenvalue weighted by Gasteiger charge is 2.06. The van der Waals surface area contributed by atoms with E-state index < -0.39 is 11.9 Å². The first-order valence-electron chi connectivity index (χ1n) is 3.84. The average Bonchev–Trinajstić information content (AvgIpc) is 2.51. The van der Waals surface area contributed by atoms with Gasteiger partial charge in [0.1, 0.15) is 6.26 Å². The van der Waals surface area contributed by atoms with Gasteiger partial charge in [-0.3, -0.25) is 0 Å². The predicted octanol–water partition coefficient (Wildman–Crippen LogP) is 3.54.